The Kier molecular flexibility index (Phi) is 7.21. The summed E-state index contributed by atoms with van der Waals surface area (Å²) < 4.78 is 11.3. The minimum atomic E-state index is -0.925. The zero-order valence-corrected chi connectivity index (χ0v) is 17.3. The lowest BCUT2D eigenvalue weighted by Crippen LogP contribution is -2.74. The first-order valence-corrected chi connectivity index (χ1v) is 8.49. The molecule has 0 saturated heterocycles. The van der Waals surface area contributed by atoms with Gasteiger partial charge in [-0.25, -0.2) is 0 Å². The van der Waals surface area contributed by atoms with Gasteiger partial charge in [-0.05, 0) is 25.1 Å². The van der Waals surface area contributed by atoms with Gasteiger partial charge in [0.1, 0.15) is 17.9 Å². The van der Waals surface area contributed by atoms with Gasteiger partial charge in [0.05, 0.1) is 18.3 Å². The average Bonchev–Trinajstić information content (AvgIpc) is 2.55. The van der Waals surface area contributed by atoms with Gasteiger partial charge in [0, 0.05) is 31.2 Å². The molecule has 1 heterocycles. The third-order valence-electron chi connectivity index (χ3n) is 5.55. The Labute approximate surface area is 167 Å². The van der Waals surface area contributed by atoms with Gasteiger partial charge in [0.15, 0.2) is 0 Å². The Balaban J connectivity index is 0.00000169. The molecule has 26 heavy (non-hydrogen) atoms. The topological polar surface area (TPSA) is 76.8 Å². The fourth-order valence-corrected chi connectivity index (χ4v) is 3.49. The fourth-order valence-electron chi connectivity index (χ4n) is 3.49. The molecule has 0 aromatic heterocycles. The van der Waals surface area contributed by atoms with E-state index in [9.17, 15) is 4.79 Å². The second-order valence-electron chi connectivity index (χ2n) is 7.25. The summed E-state index contributed by atoms with van der Waals surface area (Å²) in [6, 6.07) is 5.67. The fraction of sp³-hybridized carbons (Fsp3) is 0.611. The number of anilines is 2. The van der Waals surface area contributed by atoms with Gasteiger partial charge in [0.2, 0.25) is 5.91 Å². The predicted molar refractivity (Wildman–Crippen MR) is 109 cm³/mol. The van der Waals surface area contributed by atoms with Crippen molar-refractivity contribution >= 4 is 42.1 Å². The van der Waals surface area contributed by atoms with Gasteiger partial charge in [-0.2, -0.15) is 0 Å². The molecule has 2 unspecified atom stereocenters. The van der Waals surface area contributed by atoms with Crippen LogP contribution in [0.1, 0.15) is 27.2 Å². The van der Waals surface area contributed by atoms with E-state index in [-0.39, 0.29) is 36.8 Å². The lowest BCUT2D eigenvalue weighted by Gasteiger charge is -2.57. The Hall–Kier alpha value is -1.21. The van der Waals surface area contributed by atoms with E-state index < -0.39 is 11.0 Å². The SMILES string of the molecule is CCOC1CC(N)(C(=O)Nc2ccc3c(c2)N(C)CCO3)C1(C)C.Cl.Cl. The largest absolute Gasteiger partial charge is 0.490 e. The van der Waals surface area contributed by atoms with E-state index in [1.807, 2.05) is 46.0 Å². The summed E-state index contributed by atoms with van der Waals surface area (Å²) in [4.78, 5) is 14.9. The zero-order chi connectivity index (χ0) is 17.5. The highest BCUT2D eigenvalue weighted by Gasteiger charge is 2.62. The molecule has 1 fully saturated rings. The van der Waals surface area contributed by atoms with Gasteiger partial charge < -0.3 is 25.4 Å². The number of amides is 1. The van der Waals surface area contributed by atoms with Crippen LogP contribution in [0.2, 0.25) is 0 Å². The Bertz CT molecular complexity index is 657. The number of rotatable bonds is 4. The molecule has 1 amide bonds. The number of likely N-dealkylation sites (N-methyl/N-ethyl adjacent to an activating group) is 1. The Morgan fingerprint density at radius 1 is 1.42 bits per heavy atom. The van der Waals surface area contributed by atoms with Crippen molar-refractivity contribution in [2.45, 2.75) is 38.8 Å². The highest BCUT2D eigenvalue weighted by atomic mass is 35.5. The van der Waals surface area contributed by atoms with E-state index in [0.717, 1.165) is 23.7 Å². The second kappa shape index (κ2) is 8.21. The third kappa shape index (κ3) is 3.60. The summed E-state index contributed by atoms with van der Waals surface area (Å²) in [5.41, 5.74) is 6.81. The molecule has 1 aromatic rings. The number of halogens is 2. The van der Waals surface area contributed by atoms with Gasteiger partial charge in [-0.3, -0.25) is 4.79 Å². The number of ether oxygens (including phenoxy) is 2. The van der Waals surface area contributed by atoms with Crippen molar-refractivity contribution in [1.29, 1.82) is 0 Å². The molecule has 1 saturated carbocycles. The summed E-state index contributed by atoms with van der Waals surface area (Å²) in [6.45, 7) is 8.07. The molecule has 0 spiro atoms. The molecule has 0 radical (unpaired) electrons. The van der Waals surface area contributed by atoms with Crippen LogP contribution in [0.4, 0.5) is 11.4 Å². The van der Waals surface area contributed by atoms with Crippen LogP contribution in [0.3, 0.4) is 0 Å². The van der Waals surface area contributed by atoms with Crippen LogP contribution in [0.25, 0.3) is 0 Å². The molecule has 3 N–H and O–H groups in total. The number of carbonyl (C=O) groups excluding carboxylic acids is 1. The summed E-state index contributed by atoms with van der Waals surface area (Å²) in [5, 5.41) is 2.97. The van der Waals surface area contributed by atoms with Gasteiger partial charge in [-0.1, -0.05) is 13.8 Å². The number of hydrogen-bond donors (Lipinski definition) is 2. The van der Waals surface area contributed by atoms with Crippen molar-refractivity contribution < 1.29 is 14.3 Å². The van der Waals surface area contributed by atoms with Crippen LogP contribution >= 0.6 is 24.8 Å². The standard InChI is InChI=1S/C18H27N3O3.2ClH/c1-5-23-15-11-18(19,17(15,2)3)16(22)20-12-6-7-14-13(10-12)21(4)8-9-24-14;;/h6-7,10,15H,5,8-9,11,19H2,1-4H3,(H,20,22);2*1H. The normalized spacial score (nSPS) is 25.6. The van der Waals surface area contributed by atoms with E-state index in [0.29, 0.717) is 19.6 Å². The van der Waals surface area contributed by atoms with Crippen LogP contribution in [0.5, 0.6) is 5.75 Å². The number of nitrogens with one attached hydrogen (secondary N) is 1. The number of nitrogens with two attached hydrogens (primary N) is 1. The van der Waals surface area contributed by atoms with Crippen molar-refractivity contribution in [3.8, 4) is 5.75 Å². The average molecular weight is 406 g/mol. The van der Waals surface area contributed by atoms with E-state index in [1.54, 1.807) is 0 Å². The predicted octanol–water partition coefficient (Wildman–Crippen LogP) is 2.83. The van der Waals surface area contributed by atoms with E-state index >= 15 is 0 Å². The maximum atomic E-state index is 12.8. The highest BCUT2D eigenvalue weighted by molar-refractivity contribution is 6.00. The van der Waals surface area contributed by atoms with Crippen molar-refractivity contribution in [2.75, 3.05) is 37.0 Å². The van der Waals surface area contributed by atoms with Crippen LogP contribution < -0.4 is 20.7 Å². The summed E-state index contributed by atoms with van der Waals surface area (Å²) in [5.74, 6) is 0.673. The number of fused-ring (bicyclic) bond motifs is 1. The maximum absolute atomic E-state index is 12.8. The quantitative estimate of drug-likeness (QED) is 0.804. The molecule has 1 aliphatic heterocycles. The molecule has 3 rings (SSSR count). The van der Waals surface area contributed by atoms with Crippen molar-refractivity contribution in [2.24, 2.45) is 11.1 Å². The summed E-state index contributed by atoms with van der Waals surface area (Å²) in [7, 11) is 2.01. The van der Waals surface area contributed by atoms with Crippen LogP contribution in [-0.4, -0.2) is 44.4 Å². The number of hydrogen-bond acceptors (Lipinski definition) is 5. The minimum absolute atomic E-state index is 0. The molecule has 148 valence electrons. The lowest BCUT2D eigenvalue weighted by atomic mass is 9.54. The second-order valence-corrected chi connectivity index (χ2v) is 7.25. The Morgan fingerprint density at radius 2 is 2.12 bits per heavy atom. The molecule has 6 nitrogen and oxygen atoms in total. The maximum Gasteiger partial charge on any atom is 0.245 e. The van der Waals surface area contributed by atoms with Gasteiger partial charge in [-0.15, -0.1) is 24.8 Å². The van der Waals surface area contributed by atoms with Crippen molar-refractivity contribution in [1.82, 2.24) is 0 Å². The number of benzene rings is 1. The highest BCUT2D eigenvalue weighted by Crippen LogP contribution is 2.50. The van der Waals surface area contributed by atoms with Crippen LogP contribution in [-0.2, 0) is 9.53 Å². The first-order valence-electron chi connectivity index (χ1n) is 8.49. The number of nitrogens with zero attached hydrogens (tertiary/aromatic N) is 1. The van der Waals surface area contributed by atoms with E-state index in [2.05, 4.69) is 10.2 Å². The van der Waals surface area contributed by atoms with E-state index in [1.165, 1.54) is 0 Å². The first-order chi connectivity index (χ1) is 11.3. The van der Waals surface area contributed by atoms with Gasteiger partial charge >= 0.3 is 0 Å². The monoisotopic (exact) mass is 405 g/mol. The van der Waals surface area contributed by atoms with Crippen LogP contribution in [0.15, 0.2) is 18.2 Å². The van der Waals surface area contributed by atoms with Crippen molar-refractivity contribution in [3.05, 3.63) is 18.2 Å². The minimum Gasteiger partial charge on any atom is -0.490 e. The lowest BCUT2D eigenvalue weighted by molar-refractivity contribution is -0.166. The molecular weight excluding hydrogens is 377 g/mol. The molecule has 2 aliphatic rings. The summed E-state index contributed by atoms with van der Waals surface area (Å²) >= 11 is 0. The first kappa shape index (κ1) is 22.8. The van der Waals surface area contributed by atoms with Gasteiger partial charge in [0.25, 0.3) is 0 Å². The molecule has 1 aromatic carbocycles. The van der Waals surface area contributed by atoms with Crippen molar-refractivity contribution in [3.63, 3.8) is 0 Å². The smallest absolute Gasteiger partial charge is 0.245 e. The molecule has 2 atom stereocenters. The Morgan fingerprint density at radius 3 is 2.73 bits per heavy atom. The molecular formula is C18H29Cl2N3O3. The van der Waals surface area contributed by atoms with Crippen LogP contribution in [0, 0.1) is 5.41 Å². The molecule has 8 heteroatoms. The van der Waals surface area contributed by atoms with E-state index in [4.69, 9.17) is 15.2 Å². The molecule has 1 aliphatic carbocycles. The molecule has 0 bridgehead atoms. The summed E-state index contributed by atoms with van der Waals surface area (Å²) in [6.07, 6.45) is 0.550. The number of carbonyl (C=O) groups is 1. The zero-order valence-electron chi connectivity index (χ0n) is 15.7. The third-order valence-corrected chi connectivity index (χ3v) is 5.55.